The molecule has 8 aromatic rings. The quantitative estimate of drug-likeness (QED) is 0.0783. The van der Waals surface area contributed by atoms with Gasteiger partial charge in [-0.15, -0.1) is 0 Å². The van der Waals surface area contributed by atoms with Gasteiger partial charge in [0.2, 0.25) is 11.9 Å². The van der Waals surface area contributed by atoms with Crippen LogP contribution in [0.25, 0.3) is 44.1 Å². The summed E-state index contributed by atoms with van der Waals surface area (Å²) < 4.78 is 5.23. The maximum atomic E-state index is 13.6. The minimum atomic E-state index is -0.344. The fraction of sp³-hybridized carbons (Fsp3) is 0.290. The van der Waals surface area contributed by atoms with Crippen LogP contribution in [0.15, 0.2) is 133 Å². The van der Waals surface area contributed by atoms with Crippen molar-refractivity contribution in [3.05, 3.63) is 178 Å². The molecule has 2 aromatic heterocycles. The van der Waals surface area contributed by atoms with Gasteiger partial charge in [-0.2, -0.15) is 0 Å². The molecule has 2 saturated heterocycles. The van der Waals surface area contributed by atoms with E-state index in [0.717, 1.165) is 90.6 Å². The SMILES string of the molecule is CC(C)(C)OC(=O)CC1CCNC1.Nc1nc(C(=O)N2Cc3ccccc3C2)c2cc(-c3ccccc3C=O)ccc2n1.Nc1nc(C(=O)N2Cc3ccccc3C2)c2cc(-c3ccccc3CN3CCC(N)C3)ccc2n1. The van der Waals surface area contributed by atoms with Gasteiger partial charge < -0.3 is 37.1 Å². The van der Waals surface area contributed by atoms with Gasteiger partial charge in [0.1, 0.15) is 17.0 Å². The van der Waals surface area contributed by atoms with Crippen molar-refractivity contribution in [2.24, 2.45) is 11.7 Å². The Morgan fingerprint density at radius 2 is 1.15 bits per heavy atom. The van der Waals surface area contributed by atoms with Crippen LogP contribution in [0.5, 0.6) is 0 Å². The number of anilines is 2. The Balaban J connectivity index is 0.000000145. The number of esters is 1. The number of carbonyl (C=O) groups is 4. The van der Waals surface area contributed by atoms with Gasteiger partial charge >= 0.3 is 5.97 Å². The van der Waals surface area contributed by atoms with Crippen LogP contribution in [-0.4, -0.2) is 96.5 Å². The molecule has 4 aliphatic rings. The van der Waals surface area contributed by atoms with E-state index in [-0.39, 0.29) is 47.0 Å². The zero-order valence-corrected chi connectivity index (χ0v) is 44.3. The molecule has 16 nitrogen and oxygen atoms in total. The second-order valence-corrected chi connectivity index (χ2v) is 21.5. The minimum Gasteiger partial charge on any atom is -0.460 e. The predicted octanol–water partition coefficient (Wildman–Crippen LogP) is 8.74. The van der Waals surface area contributed by atoms with Crippen LogP contribution in [0.4, 0.5) is 11.9 Å². The highest BCUT2D eigenvalue weighted by Gasteiger charge is 2.29. The molecule has 0 aliphatic carbocycles. The second kappa shape index (κ2) is 23.0. The Hall–Kier alpha value is -8.44. The first-order chi connectivity index (χ1) is 37.7. The average molecular weight is 1040 g/mol. The summed E-state index contributed by atoms with van der Waals surface area (Å²) in [4.78, 5) is 73.2. The molecule has 2 atom stereocenters. The molecule has 0 saturated carbocycles. The third-order valence-corrected chi connectivity index (χ3v) is 14.6. The number of aldehydes is 1. The minimum absolute atomic E-state index is 0.0589. The zero-order valence-electron chi connectivity index (χ0n) is 44.3. The van der Waals surface area contributed by atoms with E-state index in [0.29, 0.717) is 66.2 Å². The lowest BCUT2D eigenvalue weighted by molar-refractivity contribution is -0.155. The summed E-state index contributed by atoms with van der Waals surface area (Å²) in [5.74, 6) is 0.263. The third kappa shape index (κ3) is 12.2. The molecule has 2 unspecified atom stereocenters. The molecule has 6 aromatic carbocycles. The molecular formula is C62H65N11O5. The number of nitrogens with two attached hydrogens (primary N) is 3. The van der Waals surface area contributed by atoms with E-state index in [2.05, 4.69) is 60.5 Å². The van der Waals surface area contributed by atoms with E-state index in [1.165, 1.54) is 16.7 Å². The average Bonchev–Trinajstić information content (AvgIpc) is 4.41. The molecule has 0 radical (unpaired) electrons. The summed E-state index contributed by atoms with van der Waals surface area (Å²) >= 11 is 0. The third-order valence-electron chi connectivity index (χ3n) is 14.6. The number of ether oxygens (including phenoxy) is 1. The van der Waals surface area contributed by atoms with E-state index < -0.39 is 0 Å². The lowest BCUT2D eigenvalue weighted by Gasteiger charge is -2.20. The number of amides is 2. The van der Waals surface area contributed by atoms with Crippen molar-refractivity contribution in [2.75, 3.05) is 37.6 Å². The van der Waals surface area contributed by atoms with Gasteiger partial charge in [0.15, 0.2) is 6.29 Å². The van der Waals surface area contributed by atoms with Crippen molar-refractivity contribution in [3.8, 4) is 22.3 Å². The first-order valence-electron chi connectivity index (χ1n) is 26.6. The molecule has 16 heteroatoms. The molecular weight excluding hydrogens is 979 g/mol. The summed E-state index contributed by atoms with van der Waals surface area (Å²) in [5.41, 5.74) is 29.8. The fourth-order valence-electron chi connectivity index (χ4n) is 10.8. The van der Waals surface area contributed by atoms with Crippen LogP contribution in [0.3, 0.4) is 0 Å². The molecule has 2 amide bonds. The first-order valence-corrected chi connectivity index (χ1v) is 26.6. The van der Waals surface area contributed by atoms with Crippen molar-refractivity contribution < 1.29 is 23.9 Å². The fourth-order valence-corrected chi connectivity index (χ4v) is 10.8. The Kier molecular flexibility index (Phi) is 15.6. The Morgan fingerprint density at radius 1 is 0.654 bits per heavy atom. The molecule has 398 valence electrons. The number of nitrogens with zero attached hydrogens (tertiary/aromatic N) is 7. The second-order valence-electron chi connectivity index (χ2n) is 21.5. The summed E-state index contributed by atoms with van der Waals surface area (Å²) in [6, 6.07) is 43.7. The van der Waals surface area contributed by atoms with Crippen molar-refractivity contribution >= 4 is 57.8 Å². The van der Waals surface area contributed by atoms with Crippen molar-refractivity contribution in [1.82, 2.24) is 40.0 Å². The summed E-state index contributed by atoms with van der Waals surface area (Å²) in [6.07, 6.45) is 3.51. The highest BCUT2D eigenvalue weighted by Crippen LogP contribution is 2.33. The highest BCUT2D eigenvalue weighted by molar-refractivity contribution is 6.07. The molecule has 0 spiro atoms. The smallest absolute Gasteiger partial charge is 0.306 e. The lowest BCUT2D eigenvalue weighted by Crippen LogP contribution is -2.27. The molecule has 2 fully saturated rings. The standard InChI is InChI=1S/C28H28N6O.C24H18N4O2.C10H19NO2/c29-22-11-12-33(17-22)14-21-7-3-4-8-23(21)18-9-10-25-24(13-18)26(32-28(30)31-25)27(35)34-15-19-5-1-2-6-20(19)16-34;25-24-26-21-10-9-15(19-8-4-3-7-18(19)14-29)11-20(21)22(27-24)23(30)28-12-16-5-1-2-6-17(16)13-28;1-10(2,3)13-9(12)6-8-4-5-11-7-8/h1-10,13,22H,11-12,14-17,29H2,(H2,30,31,32);1-11,14H,12-13H2,(H2,25,26,27);8,11H,4-7H2,1-3H3. The number of carbonyl (C=O) groups excluding carboxylic acids is 4. The number of nitrogen functional groups attached to an aromatic ring is 2. The van der Waals surface area contributed by atoms with E-state index >= 15 is 0 Å². The zero-order chi connectivity index (χ0) is 54.5. The summed E-state index contributed by atoms with van der Waals surface area (Å²) in [7, 11) is 0. The summed E-state index contributed by atoms with van der Waals surface area (Å²) in [6.45, 7) is 12.7. The number of aromatic nitrogens is 4. The number of nitrogens with one attached hydrogen (secondary N) is 1. The number of hydrogen-bond acceptors (Lipinski definition) is 14. The monoisotopic (exact) mass is 1040 g/mol. The van der Waals surface area contributed by atoms with E-state index in [1.54, 1.807) is 17.0 Å². The predicted molar refractivity (Wildman–Crippen MR) is 304 cm³/mol. The number of benzene rings is 6. The molecule has 12 rings (SSSR count). The molecule has 7 N–H and O–H groups in total. The molecule has 0 bridgehead atoms. The van der Waals surface area contributed by atoms with Crippen LogP contribution >= 0.6 is 0 Å². The van der Waals surface area contributed by atoms with Crippen molar-refractivity contribution in [1.29, 1.82) is 0 Å². The van der Waals surface area contributed by atoms with Crippen LogP contribution in [0.1, 0.15) is 99.2 Å². The van der Waals surface area contributed by atoms with E-state index in [9.17, 15) is 19.2 Å². The van der Waals surface area contributed by atoms with Gasteiger partial charge in [0.25, 0.3) is 11.8 Å². The number of hydrogen-bond donors (Lipinski definition) is 4. The van der Waals surface area contributed by atoms with Crippen molar-refractivity contribution in [2.45, 2.75) is 84.4 Å². The Labute approximate surface area is 454 Å². The Morgan fingerprint density at radius 3 is 1.64 bits per heavy atom. The largest absolute Gasteiger partial charge is 0.460 e. The lowest BCUT2D eigenvalue weighted by atomic mass is 9.97. The van der Waals surface area contributed by atoms with Crippen LogP contribution in [0.2, 0.25) is 0 Å². The number of rotatable bonds is 9. The topological polar surface area (TPSA) is 229 Å². The maximum Gasteiger partial charge on any atom is 0.306 e. The normalized spacial score (nSPS) is 16.7. The number of fused-ring (bicyclic) bond motifs is 4. The van der Waals surface area contributed by atoms with E-state index in [4.69, 9.17) is 21.9 Å². The Bertz CT molecular complexity index is 3510. The van der Waals surface area contributed by atoms with E-state index in [1.807, 2.05) is 117 Å². The molecule has 6 heterocycles. The van der Waals surface area contributed by atoms with Crippen LogP contribution < -0.4 is 22.5 Å². The van der Waals surface area contributed by atoms with Gasteiger partial charge in [-0.3, -0.25) is 24.1 Å². The van der Waals surface area contributed by atoms with Gasteiger partial charge in [-0.25, -0.2) is 19.9 Å². The highest BCUT2D eigenvalue weighted by atomic mass is 16.6. The first kappa shape index (κ1) is 53.0. The van der Waals surface area contributed by atoms with Gasteiger partial charge in [0, 0.05) is 74.6 Å². The van der Waals surface area contributed by atoms with Crippen molar-refractivity contribution in [3.63, 3.8) is 0 Å². The molecule has 4 aliphatic heterocycles. The van der Waals surface area contributed by atoms with Crippen LogP contribution in [-0.2, 0) is 42.3 Å². The maximum absolute atomic E-state index is 13.6. The number of likely N-dealkylation sites (tertiary alicyclic amines) is 1. The van der Waals surface area contributed by atoms with Gasteiger partial charge in [0.05, 0.1) is 11.0 Å². The van der Waals surface area contributed by atoms with Gasteiger partial charge in [-0.1, -0.05) is 109 Å². The summed E-state index contributed by atoms with van der Waals surface area (Å²) in [5, 5.41) is 4.57. The van der Waals surface area contributed by atoms with Crippen LogP contribution in [0, 0.1) is 5.92 Å². The van der Waals surface area contributed by atoms with Gasteiger partial charge in [-0.05, 0) is 127 Å². The molecule has 78 heavy (non-hydrogen) atoms.